The lowest BCUT2D eigenvalue weighted by Gasteiger charge is -2.30. The molecule has 3 atom stereocenters. The average Bonchev–Trinajstić information content (AvgIpc) is 2.18. The number of rotatable bonds is 4. The van der Waals surface area contributed by atoms with Crippen molar-refractivity contribution in [2.75, 3.05) is 6.61 Å². The first-order valence-corrected chi connectivity index (χ1v) is 4.77. The Morgan fingerprint density at radius 3 is 3.07 bits per heavy atom. The smallest absolute Gasteiger partial charge is 0.332 e. The molecule has 1 saturated heterocycles. The summed E-state index contributed by atoms with van der Waals surface area (Å²) in [5, 5.41) is 8.68. The van der Waals surface area contributed by atoms with Gasteiger partial charge in [-0.1, -0.05) is 6.08 Å². The van der Waals surface area contributed by atoms with Crippen molar-refractivity contribution in [3.8, 4) is 0 Å². The maximum Gasteiger partial charge on any atom is 0.332 e. The maximum atomic E-state index is 10.6. The number of carbonyl (C=O) groups is 1. The number of carboxylic acid groups (broad SMARTS) is 1. The van der Waals surface area contributed by atoms with Gasteiger partial charge >= 0.3 is 5.97 Å². The molecule has 0 amide bonds. The van der Waals surface area contributed by atoms with Gasteiger partial charge < -0.3 is 14.6 Å². The summed E-state index contributed by atoms with van der Waals surface area (Å²) < 4.78 is 10.7. The van der Waals surface area contributed by atoms with Crippen molar-refractivity contribution in [2.24, 2.45) is 0 Å². The Hall–Kier alpha value is -0.870. The molecule has 4 heteroatoms. The summed E-state index contributed by atoms with van der Waals surface area (Å²) >= 11 is 0. The molecule has 1 aliphatic heterocycles. The molecule has 1 rings (SSSR count). The van der Waals surface area contributed by atoms with Crippen LogP contribution in [0.5, 0.6) is 0 Å². The van der Waals surface area contributed by atoms with E-state index < -0.39 is 12.1 Å². The fourth-order valence-electron chi connectivity index (χ4n) is 1.46. The van der Waals surface area contributed by atoms with E-state index in [9.17, 15) is 4.79 Å². The Balaban J connectivity index is 2.47. The number of carboxylic acids is 1. The third kappa shape index (κ3) is 2.82. The number of ether oxygens (including phenoxy) is 2. The predicted octanol–water partition coefficient (Wildman–Crippen LogP) is 1.21. The van der Waals surface area contributed by atoms with Crippen molar-refractivity contribution in [2.45, 2.75) is 38.1 Å². The van der Waals surface area contributed by atoms with E-state index in [0.717, 1.165) is 12.8 Å². The second-order valence-corrected chi connectivity index (χ2v) is 3.37. The van der Waals surface area contributed by atoms with E-state index in [1.165, 1.54) is 6.92 Å². The van der Waals surface area contributed by atoms with E-state index in [2.05, 4.69) is 6.58 Å². The molecule has 0 radical (unpaired) electrons. The third-order valence-electron chi connectivity index (χ3n) is 2.27. The largest absolute Gasteiger partial charge is 0.479 e. The molecule has 4 nitrogen and oxygen atoms in total. The molecule has 14 heavy (non-hydrogen) atoms. The lowest BCUT2D eigenvalue weighted by molar-refractivity contribution is -0.162. The van der Waals surface area contributed by atoms with E-state index in [-0.39, 0.29) is 12.2 Å². The Bertz CT molecular complexity index is 214. The monoisotopic (exact) mass is 200 g/mol. The Morgan fingerprint density at radius 1 is 1.79 bits per heavy atom. The van der Waals surface area contributed by atoms with E-state index in [1.807, 2.05) is 0 Å². The van der Waals surface area contributed by atoms with Crippen LogP contribution in [0, 0.1) is 0 Å². The molecule has 80 valence electrons. The molecule has 0 saturated carbocycles. The van der Waals surface area contributed by atoms with Crippen LogP contribution < -0.4 is 0 Å². The summed E-state index contributed by atoms with van der Waals surface area (Å²) in [6.45, 7) is 5.85. The minimum absolute atomic E-state index is 0.174. The van der Waals surface area contributed by atoms with E-state index in [0.29, 0.717) is 6.61 Å². The van der Waals surface area contributed by atoms with Gasteiger partial charge in [0.05, 0.1) is 6.10 Å². The van der Waals surface area contributed by atoms with Crippen molar-refractivity contribution in [3.05, 3.63) is 12.7 Å². The van der Waals surface area contributed by atoms with Crippen LogP contribution in [0.1, 0.15) is 19.8 Å². The zero-order valence-corrected chi connectivity index (χ0v) is 8.31. The Morgan fingerprint density at radius 2 is 2.50 bits per heavy atom. The van der Waals surface area contributed by atoms with Crippen molar-refractivity contribution in [1.82, 2.24) is 0 Å². The molecule has 1 heterocycles. The van der Waals surface area contributed by atoms with Crippen LogP contribution in [0.4, 0.5) is 0 Å². The first kappa shape index (κ1) is 11.2. The fourth-order valence-corrected chi connectivity index (χ4v) is 1.46. The van der Waals surface area contributed by atoms with Crippen LogP contribution in [0.2, 0.25) is 0 Å². The summed E-state index contributed by atoms with van der Waals surface area (Å²) in [4.78, 5) is 10.6. The van der Waals surface area contributed by atoms with Crippen LogP contribution in [-0.4, -0.2) is 36.0 Å². The maximum absolute atomic E-state index is 10.6. The molecule has 0 spiro atoms. The summed E-state index contributed by atoms with van der Waals surface area (Å²) in [7, 11) is 0. The van der Waals surface area contributed by atoms with E-state index in [4.69, 9.17) is 14.6 Å². The fraction of sp³-hybridized carbons (Fsp3) is 0.700. The molecular formula is C10H16O4. The zero-order chi connectivity index (χ0) is 10.6. The van der Waals surface area contributed by atoms with Crippen molar-refractivity contribution in [3.63, 3.8) is 0 Å². The van der Waals surface area contributed by atoms with Gasteiger partial charge in [-0.05, 0) is 19.8 Å². The molecular weight excluding hydrogens is 184 g/mol. The van der Waals surface area contributed by atoms with Gasteiger partial charge in [0.15, 0.2) is 6.10 Å². The molecule has 0 aromatic rings. The first-order chi connectivity index (χ1) is 6.65. The summed E-state index contributed by atoms with van der Waals surface area (Å²) in [5.41, 5.74) is 0. The highest BCUT2D eigenvalue weighted by Gasteiger charge is 2.27. The summed E-state index contributed by atoms with van der Waals surface area (Å²) in [5.74, 6) is -0.946. The zero-order valence-electron chi connectivity index (χ0n) is 8.31. The topological polar surface area (TPSA) is 55.8 Å². The quantitative estimate of drug-likeness (QED) is 0.693. The summed E-state index contributed by atoms with van der Waals surface area (Å²) in [6.07, 6.45) is 2.26. The normalized spacial score (nSPS) is 29.5. The van der Waals surface area contributed by atoms with Gasteiger partial charge in [0, 0.05) is 6.61 Å². The minimum atomic E-state index is -0.946. The molecule has 0 bridgehead atoms. The molecule has 0 aromatic heterocycles. The van der Waals surface area contributed by atoms with E-state index >= 15 is 0 Å². The van der Waals surface area contributed by atoms with Crippen LogP contribution in [-0.2, 0) is 14.3 Å². The highest BCUT2D eigenvalue weighted by molar-refractivity contribution is 5.71. The molecule has 0 unspecified atom stereocenters. The predicted molar refractivity (Wildman–Crippen MR) is 51.1 cm³/mol. The first-order valence-electron chi connectivity index (χ1n) is 4.77. The molecule has 0 aromatic carbocycles. The lowest BCUT2D eigenvalue weighted by atomic mass is 10.1. The Kier molecular flexibility index (Phi) is 4.10. The van der Waals surface area contributed by atoms with Gasteiger partial charge in [-0.25, -0.2) is 4.79 Å². The third-order valence-corrected chi connectivity index (χ3v) is 2.27. The molecule has 0 aliphatic carbocycles. The molecule has 1 N–H and O–H groups in total. The molecule has 1 aliphatic rings. The minimum Gasteiger partial charge on any atom is -0.479 e. The van der Waals surface area contributed by atoms with Gasteiger partial charge in [0.25, 0.3) is 0 Å². The van der Waals surface area contributed by atoms with Gasteiger partial charge in [-0.2, -0.15) is 0 Å². The van der Waals surface area contributed by atoms with Crippen LogP contribution >= 0.6 is 0 Å². The highest BCUT2D eigenvalue weighted by Crippen LogP contribution is 2.19. The van der Waals surface area contributed by atoms with Crippen molar-refractivity contribution < 1.29 is 19.4 Å². The number of aliphatic carboxylic acids is 1. The number of hydrogen-bond acceptors (Lipinski definition) is 3. The SMILES string of the molecule is C=C[C@H]1OCCC[C@@H]1O[C@H](C)C(=O)O. The van der Waals surface area contributed by atoms with Crippen LogP contribution in [0.3, 0.4) is 0 Å². The van der Waals surface area contributed by atoms with Gasteiger partial charge in [0.1, 0.15) is 6.10 Å². The second-order valence-electron chi connectivity index (χ2n) is 3.37. The number of hydrogen-bond donors (Lipinski definition) is 1. The van der Waals surface area contributed by atoms with Gasteiger partial charge in [-0.15, -0.1) is 6.58 Å². The second kappa shape index (κ2) is 5.12. The summed E-state index contributed by atoms with van der Waals surface area (Å²) in [6, 6.07) is 0. The van der Waals surface area contributed by atoms with Gasteiger partial charge in [0.2, 0.25) is 0 Å². The van der Waals surface area contributed by atoms with Crippen LogP contribution in [0.25, 0.3) is 0 Å². The lowest BCUT2D eigenvalue weighted by Crippen LogP contribution is -2.38. The standard InChI is InChI=1S/C10H16O4/c1-3-8-9(5-4-6-13-8)14-7(2)10(11)12/h3,7-9H,1,4-6H2,2H3,(H,11,12)/t7-,8-,9+/m1/s1. The Labute approximate surface area is 83.5 Å². The van der Waals surface area contributed by atoms with E-state index in [1.54, 1.807) is 6.08 Å². The van der Waals surface area contributed by atoms with Crippen molar-refractivity contribution in [1.29, 1.82) is 0 Å². The van der Waals surface area contributed by atoms with Gasteiger partial charge in [-0.3, -0.25) is 0 Å². The van der Waals surface area contributed by atoms with Crippen LogP contribution in [0.15, 0.2) is 12.7 Å². The molecule has 1 fully saturated rings. The average molecular weight is 200 g/mol. The highest BCUT2D eigenvalue weighted by atomic mass is 16.6. The van der Waals surface area contributed by atoms with Crippen molar-refractivity contribution >= 4 is 5.97 Å².